The van der Waals surface area contributed by atoms with Gasteiger partial charge in [0, 0.05) is 37.7 Å². The van der Waals surface area contributed by atoms with Gasteiger partial charge in [-0.3, -0.25) is 0 Å². The molecular weight excluding hydrogens is 685 g/mol. The van der Waals surface area contributed by atoms with Crippen LogP contribution in [0.25, 0.3) is 22.5 Å². The van der Waals surface area contributed by atoms with Crippen LogP contribution in [0.4, 0.5) is 0 Å². The molecule has 7 rings (SSSR count). The zero-order valence-electron chi connectivity index (χ0n) is 23.3. The third kappa shape index (κ3) is 5.34. The number of benzene rings is 3. The maximum absolute atomic E-state index is 6.25. The van der Waals surface area contributed by atoms with E-state index in [-0.39, 0.29) is 20.1 Å². The zero-order valence-corrected chi connectivity index (χ0v) is 26.7. The molecule has 1 radical (unpaired) electrons. The molecule has 0 amide bonds. The number of rotatable bonds is 2. The number of pyridine rings is 2. The van der Waals surface area contributed by atoms with Gasteiger partial charge < -0.3 is 14.7 Å². The Bertz CT molecular complexity index is 1670. The first-order valence-electron chi connectivity index (χ1n) is 13.6. The molecule has 0 spiro atoms. The van der Waals surface area contributed by atoms with Crippen LogP contribution in [0.3, 0.4) is 0 Å². The molecule has 5 heteroatoms. The second-order valence-electron chi connectivity index (χ2n) is 10.9. The van der Waals surface area contributed by atoms with Crippen molar-refractivity contribution in [3.8, 4) is 34.0 Å². The molecule has 0 unspecified atom stereocenters. The van der Waals surface area contributed by atoms with Crippen LogP contribution in [0.2, 0.25) is 13.1 Å². The zero-order chi connectivity index (χ0) is 27.0. The van der Waals surface area contributed by atoms with Gasteiger partial charge in [0.15, 0.2) is 0 Å². The van der Waals surface area contributed by atoms with E-state index in [0.29, 0.717) is 0 Å². The largest absolute Gasteiger partial charge is 0.477 e. The molecule has 2 aliphatic rings. The standard InChI is InChI=1S/C22H20NOSi.C13H12N.Ir/c1-25(2)21-12-4-3-10-19(21)24-20-11-6-8-16(22(20)25)18-14-13-15-7-5-9-17(15)23-18;1-10-8-13(14-9-11(10)2)12-6-4-3-5-7-12;/h3-4,6,10-14H,5,7,9H2,1-2H3;3-6,8-9H,1-2H3;/q2*-1;. The van der Waals surface area contributed by atoms with Crippen molar-refractivity contribution >= 4 is 18.4 Å². The Balaban J connectivity index is 0.000000184. The Hall–Kier alpha value is -3.37. The topological polar surface area (TPSA) is 35.0 Å². The van der Waals surface area contributed by atoms with Crippen LogP contribution in [0, 0.1) is 26.0 Å². The second-order valence-corrected chi connectivity index (χ2v) is 15.2. The molecule has 5 aromatic rings. The number of para-hydroxylation sites is 1. The van der Waals surface area contributed by atoms with Gasteiger partial charge in [0.1, 0.15) is 5.75 Å². The third-order valence-corrected chi connectivity index (χ3v) is 11.4. The van der Waals surface area contributed by atoms with Crippen LogP contribution in [-0.4, -0.2) is 18.0 Å². The molecule has 1 aliphatic carbocycles. The van der Waals surface area contributed by atoms with Gasteiger partial charge >= 0.3 is 0 Å². The number of nitrogens with zero attached hydrogens (tertiary/aromatic N) is 2. The van der Waals surface area contributed by atoms with Crippen LogP contribution < -0.4 is 15.1 Å². The van der Waals surface area contributed by atoms with Crippen molar-refractivity contribution < 1.29 is 24.8 Å². The number of hydrogen-bond acceptors (Lipinski definition) is 3. The first-order valence-corrected chi connectivity index (χ1v) is 16.6. The van der Waals surface area contributed by atoms with E-state index in [4.69, 9.17) is 9.72 Å². The molecule has 0 saturated carbocycles. The fourth-order valence-electron chi connectivity index (χ4n) is 5.60. The molecule has 0 saturated heterocycles. The summed E-state index contributed by atoms with van der Waals surface area (Å²) in [6, 6.07) is 33.6. The van der Waals surface area contributed by atoms with Gasteiger partial charge in [0.2, 0.25) is 0 Å². The predicted octanol–water partition coefficient (Wildman–Crippen LogP) is 7.13. The fraction of sp³-hybridized carbons (Fsp3) is 0.200. The summed E-state index contributed by atoms with van der Waals surface area (Å²) in [5.41, 5.74) is 9.38. The van der Waals surface area contributed by atoms with Gasteiger partial charge in [-0.25, -0.2) is 0 Å². The Labute approximate surface area is 252 Å². The van der Waals surface area contributed by atoms with Gasteiger partial charge in [0.25, 0.3) is 0 Å². The molecule has 3 aromatic carbocycles. The number of fused-ring (bicyclic) bond motifs is 3. The van der Waals surface area contributed by atoms with Gasteiger partial charge in [-0.05, 0) is 66.9 Å². The molecule has 0 bridgehead atoms. The van der Waals surface area contributed by atoms with Gasteiger partial charge in [-0.15, -0.1) is 59.7 Å². The van der Waals surface area contributed by atoms with Gasteiger partial charge in [0.05, 0.1) is 8.07 Å². The Morgan fingerprint density at radius 2 is 1.62 bits per heavy atom. The van der Waals surface area contributed by atoms with E-state index < -0.39 is 8.07 Å². The number of hydrogen-bond donors (Lipinski definition) is 0. The van der Waals surface area contributed by atoms with Crippen LogP contribution in [0.15, 0.2) is 85.1 Å². The number of ether oxygens (including phenoxy) is 1. The first kappa shape index (κ1) is 28.2. The van der Waals surface area contributed by atoms with Gasteiger partial charge in [-0.2, -0.15) is 0 Å². The van der Waals surface area contributed by atoms with E-state index in [1.54, 1.807) is 0 Å². The summed E-state index contributed by atoms with van der Waals surface area (Å²) >= 11 is 0. The van der Waals surface area contributed by atoms with Crippen molar-refractivity contribution in [2.45, 2.75) is 46.2 Å². The quantitative estimate of drug-likeness (QED) is 0.144. The van der Waals surface area contributed by atoms with E-state index in [9.17, 15) is 0 Å². The predicted molar refractivity (Wildman–Crippen MR) is 162 cm³/mol. The Morgan fingerprint density at radius 1 is 0.800 bits per heavy atom. The minimum Gasteiger partial charge on any atom is -0.477 e. The summed E-state index contributed by atoms with van der Waals surface area (Å²) < 4.78 is 6.25. The van der Waals surface area contributed by atoms with Crippen molar-refractivity contribution in [2.75, 3.05) is 0 Å². The van der Waals surface area contributed by atoms with Gasteiger partial charge in [-0.1, -0.05) is 60.2 Å². The third-order valence-electron chi connectivity index (χ3n) is 7.91. The van der Waals surface area contributed by atoms with Crippen LogP contribution in [0.1, 0.15) is 28.8 Å². The summed E-state index contributed by atoms with van der Waals surface area (Å²) in [6.07, 6.45) is 5.39. The molecule has 3 heterocycles. The molecule has 1 aliphatic heterocycles. The summed E-state index contributed by atoms with van der Waals surface area (Å²) in [5, 5.41) is 2.67. The van der Waals surface area contributed by atoms with Crippen molar-refractivity contribution in [3.05, 3.63) is 120 Å². The minimum absolute atomic E-state index is 0. The van der Waals surface area contributed by atoms with Crippen molar-refractivity contribution in [1.82, 2.24) is 9.97 Å². The maximum Gasteiger partial charge on any atom is 0.123 e. The minimum atomic E-state index is -1.88. The van der Waals surface area contributed by atoms with E-state index in [1.165, 1.54) is 39.2 Å². The number of aromatic nitrogens is 2. The van der Waals surface area contributed by atoms with Crippen LogP contribution in [-0.2, 0) is 32.9 Å². The molecule has 40 heavy (non-hydrogen) atoms. The summed E-state index contributed by atoms with van der Waals surface area (Å²) in [5.74, 6) is 1.98. The molecule has 0 N–H and O–H groups in total. The Kier molecular flexibility index (Phi) is 8.18. The number of aryl methyl sites for hydroxylation is 4. The normalized spacial score (nSPS) is 13.9. The molecule has 3 nitrogen and oxygen atoms in total. The molecule has 203 valence electrons. The van der Waals surface area contributed by atoms with E-state index in [1.807, 2.05) is 42.6 Å². The second kappa shape index (κ2) is 11.6. The SMILES string of the molecule is C[Si]1(C)c2ccccc2Oc2cc[c-]c(-c3ccc4c(n3)CCC4)c21.Cc1cnc(-c2[c-]cccc2)cc1C.[Ir]. The smallest absolute Gasteiger partial charge is 0.123 e. The fourth-order valence-corrected chi connectivity index (χ4v) is 8.70. The Morgan fingerprint density at radius 3 is 2.42 bits per heavy atom. The first-order chi connectivity index (χ1) is 18.9. The molecule has 0 fully saturated rings. The van der Waals surface area contributed by atoms with E-state index in [2.05, 4.69) is 86.5 Å². The van der Waals surface area contributed by atoms with Crippen molar-refractivity contribution in [2.24, 2.45) is 0 Å². The molecular formula is C35H32IrN2OSi-2. The summed E-state index contributed by atoms with van der Waals surface area (Å²) in [7, 11) is -1.88. The summed E-state index contributed by atoms with van der Waals surface area (Å²) in [6.45, 7) is 8.97. The maximum atomic E-state index is 6.25. The average molecular weight is 717 g/mol. The van der Waals surface area contributed by atoms with Crippen LogP contribution >= 0.6 is 0 Å². The molecule has 0 atom stereocenters. The van der Waals surface area contributed by atoms with E-state index in [0.717, 1.165) is 46.9 Å². The van der Waals surface area contributed by atoms with Crippen molar-refractivity contribution in [3.63, 3.8) is 0 Å². The molecule has 2 aromatic heterocycles. The summed E-state index contributed by atoms with van der Waals surface area (Å²) in [4.78, 5) is 9.37. The van der Waals surface area contributed by atoms with E-state index >= 15 is 0 Å². The average Bonchev–Trinajstić information content (AvgIpc) is 3.43. The van der Waals surface area contributed by atoms with Crippen molar-refractivity contribution in [1.29, 1.82) is 0 Å². The monoisotopic (exact) mass is 717 g/mol. The van der Waals surface area contributed by atoms with Crippen LogP contribution in [0.5, 0.6) is 11.5 Å².